The molecule has 0 unspecified atom stereocenters. The zero-order valence-electron chi connectivity index (χ0n) is 10.3. The van der Waals surface area contributed by atoms with E-state index in [0.29, 0.717) is 11.6 Å². The summed E-state index contributed by atoms with van der Waals surface area (Å²) < 4.78 is 1.77. The first-order valence-corrected chi connectivity index (χ1v) is 6.18. The number of hydrogen-bond acceptors (Lipinski definition) is 3. The lowest BCUT2D eigenvalue weighted by Gasteiger charge is -2.31. The molecule has 0 radical (unpaired) electrons. The first kappa shape index (κ1) is 12.1. The highest BCUT2D eigenvalue weighted by molar-refractivity contribution is 5.92. The van der Waals surface area contributed by atoms with Gasteiger partial charge in [0.2, 0.25) is 0 Å². The van der Waals surface area contributed by atoms with Gasteiger partial charge in [0, 0.05) is 20.1 Å². The van der Waals surface area contributed by atoms with Crippen molar-refractivity contribution in [2.45, 2.75) is 19.3 Å². The third-order valence-electron chi connectivity index (χ3n) is 3.51. The van der Waals surface area contributed by atoms with Crippen LogP contribution in [0.25, 0.3) is 0 Å². The minimum atomic E-state index is 0.0937. The fourth-order valence-electron chi connectivity index (χ4n) is 2.39. The van der Waals surface area contributed by atoms with Gasteiger partial charge in [0.05, 0.1) is 12.5 Å². The van der Waals surface area contributed by atoms with Gasteiger partial charge in [-0.05, 0) is 31.7 Å². The van der Waals surface area contributed by atoms with Crippen LogP contribution >= 0.6 is 0 Å². The van der Waals surface area contributed by atoms with Gasteiger partial charge in [-0.3, -0.25) is 4.79 Å². The maximum absolute atomic E-state index is 12.2. The first-order valence-electron chi connectivity index (χ1n) is 6.18. The topological polar surface area (TPSA) is 64.2 Å². The van der Waals surface area contributed by atoms with Gasteiger partial charge in [0.25, 0.3) is 5.91 Å². The SMILES string of the molecule is Cn1cncc1C(=O)N1CCC(CCN)CC1. The lowest BCUT2D eigenvalue weighted by atomic mass is 9.93. The van der Waals surface area contributed by atoms with Crippen LogP contribution in [0.3, 0.4) is 0 Å². The van der Waals surface area contributed by atoms with E-state index >= 15 is 0 Å². The van der Waals surface area contributed by atoms with Crippen LogP contribution in [0.15, 0.2) is 12.5 Å². The number of nitrogens with two attached hydrogens (primary N) is 1. The van der Waals surface area contributed by atoms with Crippen molar-refractivity contribution in [2.75, 3.05) is 19.6 Å². The molecule has 2 heterocycles. The molecule has 17 heavy (non-hydrogen) atoms. The number of aryl methyl sites for hydroxylation is 1. The molecule has 0 aliphatic carbocycles. The van der Waals surface area contributed by atoms with Gasteiger partial charge in [0.15, 0.2) is 0 Å². The van der Waals surface area contributed by atoms with Crippen LogP contribution in [0.1, 0.15) is 29.8 Å². The molecule has 2 rings (SSSR count). The predicted molar refractivity (Wildman–Crippen MR) is 65.5 cm³/mol. The molecule has 1 amide bonds. The van der Waals surface area contributed by atoms with Crippen molar-refractivity contribution in [1.29, 1.82) is 0 Å². The second-order valence-electron chi connectivity index (χ2n) is 4.70. The van der Waals surface area contributed by atoms with Gasteiger partial charge < -0.3 is 15.2 Å². The largest absolute Gasteiger partial charge is 0.337 e. The van der Waals surface area contributed by atoms with E-state index in [1.54, 1.807) is 17.1 Å². The lowest BCUT2D eigenvalue weighted by Crippen LogP contribution is -2.39. The third kappa shape index (κ3) is 2.66. The van der Waals surface area contributed by atoms with Crippen LogP contribution in [0.5, 0.6) is 0 Å². The Balaban J connectivity index is 1.93. The summed E-state index contributed by atoms with van der Waals surface area (Å²) in [5.74, 6) is 0.784. The lowest BCUT2D eigenvalue weighted by molar-refractivity contribution is 0.0678. The minimum Gasteiger partial charge on any atom is -0.337 e. The van der Waals surface area contributed by atoms with Gasteiger partial charge in [0.1, 0.15) is 5.69 Å². The second-order valence-corrected chi connectivity index (χ2v) is 4.70. The standard InChI is InChI=1S/C12H20N4O/c1-15-9-14-8-11(15)12(17)16-6-3-10(2-5-13)4-7-16/h8-10H,2-7,13H2,1H3. The molecule has 0 aromatic carbocycles. The molecule has 2 N–H and O–H groups in total. The highest BCUT2D eigenvalue weighted by Gasteiger charge is 2.24. The summed E-state index contributed by atoms with van der Waals surface area (Å²) in [7, 11) is 1.85. The van der Waals surface area contributed by atoms with Gasteiger partial charge in [-0.1, -0.05) is 0 Å². The number of hydrogen-bond donors (Lipinski definition) is 1. The molecule has 0 atom stereocenters. The molecule has 1 saturated heterocycles. The number of piperidine rings is 1. The fraction of sp³-hybridized carbons (Fsp3) is 0.667. The highest BCUT2D eigenvalue weighted by Crippen LogP contribution is 2.21. The molecule has 5 nitrogen and oxygen atoms in total. The van der Waals surface area contributed by atoms with Crippen LogP contribution in [-0.2, 0) is 7.05 Å². The zero-order valence-corrected chi connectivity index (χ0v) is 10.3. The molecule has 5 heteroatoms. The second kappa shape index (κ2) is 5.31. The average molecular weight is 236 g/mol. The quantitative estimate of drug-likeness (QED) is 0.836. The van der Waals surface area contributed by atoms with Crippen molar-refractivity contribution in [3.63, 3.8) is 0 Å². The normalized spacial score (nSPS) is 17.4. The molecular weight excluding hydrogens is 216 g/mol. The first-order chi connectivity index (χ1) is 8.22. The van der Waals surface area contributed by atoms with Gasteiger partial charge in [-0.25, -0.2) is 4.98 Å². The summed E-state index contributed by atoms with van der Waals surface area (Å²) in [4.78, 5) is 18.1. The summed E-state index contributed by atoms with van der Waals surface area (Å²) >= 11 is 0. The van der Waals surface area contributed by atoms with Crippen LogP contribution in [-0.4, -0.2) is 40.0 Å². The average Bonchev–Trinajstić information content (AvgIpc) is 2.76. The summed E-state index contributed by atoms with van der Waals surface area (Å²) in [5, 5.41) is 0. The van der Waals surface area contributed by atoms with Crippen molar-refractivity contribution >= 4 is 5.91 Å². The van der Waals surface area contributed by atoms with Crippen molar-refractivity contribution in [3.8, 4) is 0 Å². The number of nitrogens with zero attached hydrogens (tertiary/aromatic N) is 3. The van der Waals surface area contributed by atoms with E-state index in [9.17, 15) is 4.79 Å². The smallest absolute Gasteiger partial charge is 0.272 e. The Morgan fingerprint density at radius 1 is 1.53 bits per heavy atom. The third-order valence-corrected chi connectivity index (χ3v) is 3.51. The molecule has 1 aliphatic rings. The molecule has 1 fully saturated rings. The van der Waals surface area contributed by atoms with Gasteiger partial charge in [-0.2, -0.15) is 0 Å². The molecule has 1 aliphatic heterocycles. The fourth-order valence-corrected chi connectivity index (χ4v) is 2.39. The molecule has 0 saturated carbocycles. The van der Waals surface area contributed by atoms with Crippen molar-refractivity contribution in [1.82, 2.24) is 14.5 Å². The van der Waals surface area contributed by atoms with E-state index < -0.39 is 0 Å². The molecule has 0 spiro atoms. The highest BCUT2D eigenvalue weighted by atomic mass is 16.2. The maximum Gasteiger partial charge on any atom is 0.272 e. The Morgan fingerprint density at radius 3 is 2.76 bits per heavy atom. The van der Waals surface area contributed by atoms with Gasteiger partial charge >= 0.3 is 0 Å². The molecular formula is C12H20N4O. The summed E-state index contributed by atoms with van der Waals surface area (Å²) in [6, 6.07) is 0. The van der Waals surface area contributed by atoms with E-state index in [-0.39, 0.29) is 5.91 Å². The molecule has 0 bridgehead atoms. The summed E-state index contributed by atoms with van der Waals surface area (Å²) in [5.41, 5.74) is 6.23. The van der Waals surface area contributed by atoms with Crippen LogP contribution in [0, 0.1) is 5.92 Å². The minimum absolute atomic E-state index is 0.0937. The van der Waals surface area contributed by atoms with Gasteiger partial charge in [-0.15, -0.1) is 0 Å². The Morgan fingerprint density at radius 2 is 2.24 bits per heavy atom. The van der Waals surface area contributed by atoms with E-state index in [2.05, 4.69) is 4.98 Å². The number of rotatable bonds is 3. The maximum atomic E-state index is 12.2. The van der Waals surface area contributed by atoms with Crippen molar-refractivity contribution in [3.05, 3.63) is 18.2 Å². The van der Waals surface area contributed by atoms with E-state index in [0.717, 1.165) is 38.9 Å². The van der Waals surface area contributed by atoms with Crippen molar-refractivity contribution in [2.24, 2.45) is 18.7 Å². The number of carbonyl (C=O) groups is 1. The van der Waals surface area contributed by atoms with E-state index in [4.69, 9.17) is 5.73 Å². The molecule has 1 aromatic heterocycles. The summed E-state index contributed by atoms with van der Waals surface area (Å²) in [6.45, 7) is 2.43. The molecule has 94 valence electrons. The number of likely N-dealkylation sites (tertiary alicyclic amines) is 1. The van der Waals surface area contributed by atoms with Crippen LogP contribution < -0.4 is 5.73 Å². The van der Waals surface area contributed by atoms with Crippen molar-refractivity contribution < 1.29 is 4.79 Å². The number of carbonyl (C=O) groups excluding carboxylic acids is 1. The Bertz CT molecular complexity index is 380. The zero-order chi connectivity index (χ0) is 12.3. The van der Waals surface area contributed by atoms with Crippen LogP contribution in [0.4, 0.5) is 0 Å². The number of amides is 1. The monoisotopic (exact) mass is 236 g/mol. The summed E-state index contributed by atoms with van der Waals surface area (Å²) in [6.07, 6.45) is 6.51. The van der Waals surface area contributed by atoms with E-state index in [1.807, 2.05) is 11.9 Å². The molecule has 1 aromatic rings. The Hall–Kier alpha value is -1.36. The van der Waals surface area contributed by atoms with Crippen LogP contribution in [0.2, 0.25) is 0 Å². The predicted octanol–water partition coefficient (Wildman–Crippen LogP) is 0.621. The number of aromatic nitrogens is 2. The number of imidazole rings is 1. The Labute approximate surface area is 102 Å². The Kier molecular flexibility index (Phi) is 3.78. The van der Waals surface area contributed by atoms with E-state index in [1.165, 1.54) is 0 Å².